The second kappa shape index (κ2) is 6.73. The van der Waals surface area contributed by atoms with E-state index in [2.05, 4.69) is 9.97 Å². The molecule has 2 aromatic carbocycles. The number of H-pyrrole nitrogens is 1. The monoisotopic (exact) mass is 364 g/mol. The highest BCUT2D eigenvalue weighted by Crippen LogP contribution is 2.41. The molecule has 0 unspecified atom stereocenters. The molecule has 0 aliphatic carbocycles. The van der Waals surface area contributed by atoms with E-state index in [4.69, 9.17) is 21.1 Å². The van der Waals surface area contributed by atoms with Crippen molar-refractivity contribution in [3.63, 3.8) is 0 Å². The van der Waals surface area contributed by atoms with Crippen LogP contribution >= 0.6 is 11.6 Å². The third-order valence-corrected chi connectivity index (χ3v) is 4.71. The Balaban J connectivity index is 1.98. The van der Waals surface area contributed by atoms with Crippen LogP contribution in [0.5, 0.6) is 11.5 Å². The first-order valence-corrected chi connectivity index (χ1v) is 8.54. The third-order valence-electron chi connectivity index (χ3n) is 4.42. The van der Waals surface area contributed by atoms with Crippen molar-refractivity contribution in [2.24, 2.45) is 0 Å². The standard InChI is InChI=1S/C21H17ClN2O2/c1-25-15-7-3-13(4-8-15)18-19-17(11-12-23-21(19)22)24-20(18)14-5-9-16(26-2)10-6-14/h3-12,24H,1-2H3. The quantitative estimate of drug-likeness (QED) is 0.482. The van der Waals surface area contributed by atoms with Gasteiger partial charge in [-0.05, 0) is 53.6 Å². The highest BCUT2D eigenvalue weighted by Gasteiger charge is 2.18. The Hall–Kier alpha value is -2.98. The predicted octanol–water partition coefficient (Wildman–Crippen LogP) is 5.57. The normalized spacial score (nSPS) is 10.9. The first-order chi connectivity index (χ1) is 12.7. The zero-order chi connectivity index (χ0) is 18.1. The Bertz CT molecular complexity index is 1050. The molecule has 0 bridgehead atoms. The van der Waals surface area contributed by atoms with E-state index < -0.39 is 0 Å². The molecule has 0 spiro atoms. The minimum Gasteiger partial charge on any atom is -0.497 e. The molecule has 4 nitrogen and oxygen atoms in total. The molecule has 5 heteroatoms. The zero-order valence-electron chi connectivity index (χ0n) is 14.4. The number of halogens is 1. The van der Waals surface area contributed by atoms with E-state index in [0.29, 0.717) is 5.15 Å². The first-order valence-electron chi connectivity index (χ1n) is 8.16. The number of rotatable bonds is 4. The fourth-order valence-corrected chi connectivity index (χ4v) is 3.37. The van der Waals surface area contributed by atoms with Crippen LogP contribution in [0.3, 0.4) is 0 Å². The van der Waals surface area contributed by atoms with Gasteiger partial charge >= 0.3 is 0 Å². The van der Waals surface area contributed by atoms with Crippen LogP contribution < -0.4 is 9.47 Å². The van der Waals surface area contributed by atoms with Gasteiger partial charge < -0.3 is 14.5 Å². The number of methoxy groups -OCH3 is 2. The molecule has 0 amide bonds. The number of pyridine rings is 1. The SMILES string of the molecule is COc1ccc(-c2[nH]c3ccnc(Cl)c3c2-c2ccc(OC)cc2)cc1. The lowest BCUT2D eigenvalue weighted by Gasteiger charge is -2.08. The molecule has 4 aromatic rings. The molecule has 0 aliphatic heterocycles. The van der Waals surface area contributed by atoms with Crippen molar-refractivity contribution in [3.8, 4) is 33.9 Å². The van der Waals surface area contributed by atoms with Crippen molar-refractivity contribution in [1.82, 2.24) is 9.97 Å². The van der Waals surface area contributed by atoms with Crippen molar-refractivity contribution in [2.45, 2.75) is 0 Å². The molecule has 2 heterocycles. The molecule has 0 fully saturated rings. The Morgan fingerprint density at radius 1 is 0.808 bits per heavy atom. The number of hydrogen-bond donors (Lipinski definition) is 1. The van der Waals surface area contributed by atoms with Crippen LogP contribution in [-0.4, -0.2) is 24.2 Å². The molecular weight excluding hydrogens is 348 g/mol. The molecule has 0 atom stereocenters. The summed E-state index contributed by atoms with van der Waals surface area (Å²) in [5, 5.41) is 1.38. The fourth-order valence-electron chi connectivity index (χ4n) is 3.12. The average Bonchev–Trinajstić information content (AvgIpc) is 3.09. The summed E-state index contributed by atoms with van der Waals surface area (Å²) < 4.78 is 10.5. The van der Waals surface area contributed by atoms with Crippen LogP contribution in [0.4, 0.5) is 0 Å². The van der Waals surface area contributed by atoms with Gasteiger partial charge in [0.1, 0.15) is 16.7 Å². The van der Waals surface area contributed by atoms with E-state index in [-0.39, 0.29) is 0 Å². The van der Waals surface area contributed by atoms with Crippen molar-refractivity contribution in [3.05, 3.63) is 65.9 Å². The predicted molar refractivity (Wildman–Crippen MR) is 105 cm³/mol. The van der Waals surface area contributed by atoms with Gasteiger partial charge in [0.05, 0.1) is 25.4 Å². The molecule has 26 heavy (non-hydrogen) atoms. The molecule has 2 aromatic heterocycles. The number of benzene rings is 2. The Morgan fingerprint density at radius 3 is 1.96 bits per heavy atom. The molecule has 1 N–H and O–H groups in total. The number of ether oxygens (including phenoxy) is 2. The fraction of sp³-hybridized carbons (Fsp3) is 0.0952. The van der Waals surface area contributed by atoms with E-state index in [9.17, 15) is 0 Å². The lowest BCUT2D eigenvalue weighted by molar-refractivity contribution is 0.414. The number of aromatic nitrogens is 2. The van der Waals surface area contributed by atoms with Gasteiger partial charge in [-0.3, -0.25) is 0 Å². The van der Waals surface area contributed by atoms with Crippen LogP contribution in [0.1, 0.15) is 0 Å². The maximum absolute atomic E-state index is 6.44. The van der Waals surface area contributed by atoms with Gasteiger partial charge in [-0.1, -0.05) is 23.7 Å². The smallest absolute Gasteiger partial charge is 0.139 e. The van der Waals surface area contributed by atoms with Crippen LogP contribution in [0.2, 0.25) is 5.15 Å². The van der Waals surface area contributed by atoms with E-state index in [0.717, 1.165) is 44.8 Å². The summed E-state index contributed by atoms with van der Waals surface area (Å²) in [6, 6.07) is 17.8. The second-order valence-corrected chi connectivity index (χ2v) is 6.21. The van der Waals surface area contributed by atoms with Gasteiger partial charge in [0.2, 0.25) is 0 Å². The van der Waals surface area contributed by atoms with E-state index >= 15 is 0 Å². The summed E-state index contributed by atoms with van der Waals surface area (Å²) >= 11 is 6.44. The Kier molecular flexibility index (Phi) is 4.27. The van der Waals surface area contributed by atoms with Crippen LogP contribution in [0.25, 0.3) is 33.3 Å². The van der Waals surface area contributed by atoms with E-state index in [1.807, 2.05) is 54.6 Å². The highest BCUT2D eigenvalue weighted by molar-refractivity contribution is 6.35. The highest BCUT2D eigenvalue weighted by atomic mass is 35.5. The summed E-state index contributed by atoms with van der Waals surface area (Å²) in [4.78, 5) is 7.75. The lowest BCUT2D eigenvalue weighted by Crippen LogP contribution is -1.86. The average molecular weight is 365 g/mol. The van der Waals surface area contributed by atoms with Crippen molar-refractivity contribution in [1.29, 1.82) is 0 Å². The Labute approximate surface area is 156 Å². The van der Waals surface area contributed by atoms with Gasteiger partial charge in [-0.2, -0.15) is 0 Å². The third kappa shape index (κ3) is 2.78. The summed E-state index contributed by atoms with van der Waals surface area (Å²) in [5.41, 5.74) is 5.04. The summed E-state index contributed by atoms with van der Waals surface area (Å²) in [6.07, 6.45) is 1.71. The van der Waals surface area contributed by atoms with Gasteiger partial charge in [-0.15, -0.1) is 0 Å². The minimum absolute atomic E-state index is 0.476. The molecule has 130 valence electrons. The van der Waals surface area contributed by atoms with Crippen LogP contribution in [0.15, 0.2) is 60.8 Å². The number of nitrogens with zero attached hydrogens (tertiary/aromatic N) is 1. The van der Waals surface area contributed by atoms with Crippen LogP contribution in [-0.2, 0) is 0 Å². The van der Waals surface area contributed by atoms with Crippen molar-refractivity contribution >= 4 is 22.5 Å². The summed E-state index contributed by atoms with van der Waals surface area (Å²) in [7, 11) is 3.32. The van der Waals surface area contributed by atoms with Gasteiger partial charge in [-0.25, -0.2) is 4.98 Å². The maximum Gasteiger partial charge on any atom is 0.139 e. The van der Waals surface area contributed by atoms with Gasteiger partial charge in [0.25, 0.3) is 0 Å². The van der Waals surface area contributed by atoms with Gasteiger partial charge in [0, 0.05) is 17.1 Å². The van der Waals surface area contributed by atoms with Crippen molar-refractivity contribution in [2.75, 3.05) is 14.2 Å². The van der Waals surface area contributed by atoms with Crippen LogP contribution in [0, 0.1) is 0 Å². The topological polar surface area (TPSA) is 47.1 Å². The Morgan fingerprint density at radius 2 is 1.38 bits per heavy atom. The summed E-state index contributed by atoms with van der Waals surface area (Å²) in [5.74, 6) is 1.62. The van der Waals surface area contributed by atoms with Crippen molar-refractivity contribution < 1.29 is 9.47 Å². The number of nitrogens with one attached hydrogen (secondary N) is 1. The summed E-state index contributed by atoms with van der Waals surface area (Å²) in [6.45, 7) is 0. The molecule has 4 rings (SSSR count). The maximum atomic E-state index is 6.44. The molecule has 0 saturated heterocycles. The first kappa shape index (κ1) is 16.5. The second-order valence-electron chi connectivity index (χ2n) is 5.86. The number of aromatic amines is 1. The molecular formula is C21H17ClN2O2. The molecule has 0 aliphatic rings. The molecule has 0 radical (unpaired) electrons. The number of hydrogen-bond acceptors (Lipinski definition) is 3. The van der Waals surface area contributed by atoms with E-state index in [1.54, 1.807) is 20.4 Å². The zero-order valence-corrected chi connectivity index (χ0v) is 15.2. The largest absolute Gasteiger partial charge is 0.497 e. The number of fused-ring (bicyclic) bond motifs is 1. The van der Waals surface area contributed by atoms with E-state index in [1.165, 1.54) is 0 Å². The minimum atomic E-state index is 0.476. The van der Waals surface area contributed by atoms with Gasteiger partial charge in [0.15, 0.2) is 0 Å². The molecule has 0 saturated carbocycles. The lowest BCUT2D eigenvalue weighted by atomic mass is 9.99.